The largest absolute Gasteiger partial charge is 0.507 e. The minimum Gasteiger partial charge on any atom is -0.507 e. The molecule has 2 saturated heterocycles. The number of Topliss-reactive ketones (excluding diaryl/α,β-unsaturated/α-hetero) is 1. The quantitative estimate of drug-likeness (QED) is 0.390. The van der Waals surface area contributed by atoms with E-state index in [2.05, 4.69) is 4.90 Å². The molecule has 1 aromatic carbocycles. The lowest BCUT2D eigenvalue weighted by Gasteiger charge is -2.30. The fourth-order valence-electron chi connectivity index (χ4n) is 4.20. The zero-order valence-electron chi connectivity index (χ0n) is 19.2. The molecule has 8 heteroatoms. The van der Waals surface area contributed by atoms with Crippen LogP contribution in [0.2, 0.25) is 0 Å². The number of benzene rings is 1. The molecule has 33 heavy (non-hydrogen) atoms. The summed E-state index contributed by atoms with van der Waals surface area (Å²) in [5.74, 6) is 0.205. The summed E-state index contributed by atoms with van der Waals surface area (Å²) in [6.45, 7) is 9.46. The number of ether oxygens (including phenoxy) is 2. The third-order valence-electron chi connectivity index (χ3n) is 5.83. The molecule has 1 atom stereocenters. The number of likely N-dealkylation sites (tertiary alicyclic amines) is 1. The van der Waals surface area contributed by atoms with Gasteiger partial charge in [-0.3, -0.25) is 14.5 Å². The van der Waals surface area contributed by atoms with Crippen LogP contribution in [0.1, 0.15) is 37.0 Å². The Bertz CT molecular complexity index is 1030. The highest BCUT2D eigenvalue weighted by Crippen LogP contribution is 2.40. The Kier molecular flexibility index (Phi) is 6.85. The van der Waals surface area contributed by atoms with Gasteiger partial charge < -0.3 is 23.9 Å². The number of hydrogen-bond donors (Lipinski definition) is 1. The fourth-order valence-corrected chi connectivity index (χ4v) is 4.20. The summed E-state index contributed by atoms with van der Waals surface area (Å²) in [7, 11) is 0. The molecule has 1 unspecified atom stereocenters. The number of carbonyl (C=O) groups is 2. The van der Waals surface area contributed by atoms with Crippen molar-refractivity contribution in [1.29, 1.82) is 0 Å². The molecule has 2 aromatic rings. The van der Waals surface area contributed by atoms with Gasteiger partial charge >= 0.3 is 0 Å². The van der Waals surface area contributed by atoms with Gasteiger partial charge in [0, 0.05) is 31.7 Å². The SMILES string of the molecule is Cc1ccc(C2/C(=C(\O)c3ccc(OC(C)C)cc3)C(=O)C(=O)N2CCN2CCOCC2)o1. The second-order valence-electron chi connectivity index (χ2n) is 8.59. The number of aryl methyl sites for hydroxylation is 1. The van der Waals surface area contributed by atoms with Gasteiger partial charge in [0.05, 0.1) is 24.9 Å². The molecule has 1 aromatic heterocycles. The fraction of sp³-hybridized carbons (Fsp3) is 0.440. The first-order valence-corrected chi connectivity index (χ1v) is 11.3. The van der Waals surface area contributed by atoms with E-state index in [4.69, 9.17) is 13.9 Å². The molecule has 1 N–H and O–H groups in total. The van der Waals surface area contributed by atoms with Crippen molar-refractivity contribution in [3.05, 3.63) is 59.1 Å². The van der Waals surface area contributed by atoms with Crippen LogP contribution in [0.5, 0.6) is 5.75 Å². The zero-order chi connectivity index (χ0) is 23.5. The second-order valence-corrected chi connectivity index (χ2v) is 8.59. The van der Waals surface area contributed by atoms with Gasteiger partial charge in [0.2, 0.25) is 0 Å². The number of rotatable bonds is 7. The number of aliphatic hydroxyl groups excluding tert-OH is 1. The van der Waals surface area contributed by atoms with Crippen LogP contribution in [0.25, 0.3) is 5.76 Å². The Morgan fingerprint density at radius 2 is 1.79 bits per heavy atom. The maximum atomic E-state index is 13.1. The van der Waals surface area contributed by atoms with Crippen molar-refractivity contribution in [3.63, 3.8) is 0 Å². The van der Waals surface area contributed by atoms with Crippen LogP contribution in [0.3, 0.4) is 0 Å². The predicted octanol–water partition coefficient (Wildman–Crippen LogP) is 3.13. The van der Waals surface area contributed by atoms with Gasteiger partial charge in [-0.05, 0) is 57.2 Å². The lowest BCUT2D eigenvalue weighted by molar-refractivity contribution is -0.140. The van der Waals surface area contributed by atoms with E-state index in [1.54, 1.807) is 43.3 Å². The van der Waals surface area contributed by atoms with Gasteiger partial charge in [-0.1, -0.05) is 0 Å². The van der Waals surface area contributed by atoms with E-state index in [0.29, 0.717) is 49.1 Å². The standard InChI is InChI=1S/C25H30N2O6/c1-16(2)32-19-7-5-18(6-8-19)23(28)21-22(20-9-4-17(3)33-20)27(25(30)24(21)29)11-10-26-12-14-31-15-13-26/h4-9,16,22,28H,10-15H2,1-3H3/b23-21+. The van der Waals surface area contributed by atoms with E-state index in [9.17, 15) is 14.7 Å². The molecule has 3 heterocycles. The molecule has 176 valence electrons. The van der Waals surface area contributed by atoms with Crippen LogP contribution in [-0.4, -0.2) is 72.1 Å². The zero-order valence-corrected chi connectivity index (χ0v) is 19.2. The molecule has 2 aliphatic rings. The summed E-state index contributed by atoms with van der Waals surface area (Å²) in [6, 6.07) is 9.57. The molecule has 0 saturated carbocycles. The number of ketones is 1. The maximum absolute atomic E-state index is 13.1. The summed E-state index contributed by atoms with van der Waals surface area (Å²) in [5, 5.41) is 11.1. The topological polar surface area (TPSA) is 92.5 Å². The number of aliphatic hydroxyl groups is 1. The number of furan rings is 1. The first kappa shape index (κ1) is 23.1. The van der Waals surface area contributed by atoms with Gasteiger partial charge in [0.25, 0.3) is 11.7 Å². The van der Waals surface area contributed by atoms with Crippen LogP contribution >= 0.6 is 0 Å². The minimum atomic E-state index is -0.786. The van der Waals surface area contributed by atoms with E-state index in [1.165, 1.54) is 4.90 Å². The number of hydrogen-bond acceptors (Lipinski definition) is 7. The van der Waals surface area contributed by atoms with E-state index in [1.807, 2.05) is 13.8 Å². The van der Waals surface area contributed by atoms with Crippen LogP contribution < -0.4 is 4.74 Å². The molecule has 2 fully saturated rings. The number of nitrogens with zero attached hydrogens (tertiary/aromatic N) is 2. The first-order valence-electron chi connectivity index (χ1n) is 11.3. The van der Waals surface area contributed by atoms with Crippen molar-refractivity contribution in [2.24, 2.45) is 0 Å². The van der Waals surface area contributed by atoms with Crippen LogP contribution in [0.15, 0.2) is 46.4 Å². The summed E-state index contributed by atoms with van der Waals surface area (Å²) >= 11 is 0. The summed E-state index contributed by atoms with van der Waals surface area (Å²) < 4.78 is 16.9. The van der Waals surface area contributed by atoms with E-state index in [-0.39, 0.29) is 17.4 Å². The van der Waals surface area contributed by atoms with Gasteiger partial charge in [0.15, 0.2) is 0 Å². The molecule has 0 spiro atoms. The maximum Gasteiger partial charge on any atom is 0.295 e. The van der Waals surface area contributed by atoms with Crippen molar-refractivity contribution in [3.8, 4) is 5.75 Å². The van der Waals surface area contributed by atoms with Crippen LogP contribution in [0, 0.1) is 6.92 Å². The summed E-state index contributed by atoms with van der Waals surface area (Å²) in [6.07, 6.45) is 0.0171. The summed E-state index contributed by atoms with van der Waals surface area (Å²) in [5.41, 5.74) is 0.472. The second kappa shape index (κ2) is 9.80. The van der Waals surface area contributed by atoms with Gasteiger partial charge in [-0.2, -0.15) is 0 Å². The number of amides is 1. The average molecular weight is 455 g/mol. The average Bonchev–Trinajstić information content (AvgIpc) is 3.33. The first-order chi connectivity index (χ1) is 15.8. The Balaban J connectivity index is 1.67. The van der Waals surface area contributed by atoms with Crippen molar-refractivity contribution in [1.82, 2.24) is 9.80 Å². The molecular formula is C25H30N2O6. The van der Waals surface area contributed by atoms with Crippen LogP contribution in [-0.2, 0) is 14.3 Å². The van der Waals surface area contributed by atoms with Gasteiger partial charge in [-0.15, -0.1) is 0 Å². The van der Waals surface area contributed by atoms with E-state index in [0.717, 1.165) is 13.1 Å². The third kappa shape index (κ3) is 4.96. The van der Waals surface area contributed by atoms with Crippen LogP contribution in [0.4, 0.5) is 0 Å². The highest BCUT2D eigenvalue weighted by Gasteiger charge is 2.47. The Morgan fingerprint density at radius 1 is 1.09 bits per heavy atom. The molecule has 0 aliphatic carbocycles. The Hall–Kier alpha value is -3.10. The Morgan fingerprint density at radius 3 is 2.39 bits per heavy atom. The third-order valence-corrected chi connectivity index (χ3v) is 5.83. The predicted molar refractivity (Wildman–Crippen MR) is 122 cm³/mol. The van der Waals surface area contributed by atoms with Crippen molar-refractivity contribution < 1.29 is 28.6 Å². The molecule has 2 aliphatic heterocycles. The normalized spacial score (nSPS) is 21.2. The van der Waals surface area contributed by atoms with Gasteiger partial charge in [0.1, 0.15) is 29.1 Å². The van der Waals surface area contributed by atoms with Crippen molar-refractivity contribution in [2.75, 3.05) is 39.4 Å². The Labute approximate surface area is 193 Å². The lowest BCUT2D eigenvalue weighted by Crippen LogP contribution is -2.42. The summed E-state index contributed by atoms with van der Waals surface area (Å²) in [4.78, 5) is 29.8. The number of carbonyl (C=O) groups excluding carboxylic acids is 2. The van der Waals surface area contributed by atoms with E-state index >= 15 is 0 Å². The van der Waals surface area contributed by atoms with Crippen molar-refractivity contribution in [2.45, 2.75) is 32.9 Å². The molecule has 8 nitrogen and oxygen atoms in total. The molecule has 1 amide bonds. The highest BCUT2D eigenvalue weighted by molar-refractivity contribution is 6.46. The van der Waals surface area contributed by atoms with E-state index < -0.39 is 17.7 Å². The lowest BCUT2D eigenvalue weighted by atomic mass is 9.99. The van der Waals surface area contributed by atoms with Gasteiger partial charge in [-0.25, -0.2) is 0 Å². The molecular weight excluding hydrogens is 424 g/mol. The monoisotopic (exact) mass is 454 g/mol. The highest BCUT2D eigenvalue weighted by atomic mass is 16.5. The molecule has 0 radical (unpaired) electrons. The van der Waals surface area contributed by atoms with Crippen molar-refractivity contribution >= 4 is 17.4 Å². The molecule has 4 rings (SSSR count). The minimum absolute atomic E-state index is 0.0171. The molecule has 0 bridgehead atoms. The smallest absolute Gasteiger partial charge is 0.295 e. The number of morpholine rings is 1.